The first-order valence-electron chi connectivity index (χ1n) is 6.75. The molecule has 5 heteroatoms. The normalized spacial score (nSPS) is 18.2. The summed E-state index contributed by atoms with van der Waals surface area (Å²) in [7, 11) is 1.36. The predicted octanol–water partition coefficient (Wildman–Crippen LogP) is 2.01. The van der Waals surface area contributed by atoms with Crippen molar-refractivity contribution in [3.63, 3.8) is 0 Å². The van der Waals surface area contributed by atoms with Crippen LogP contribution in [-0.4, -0.2) is 32.4 Å². The first kappa shape index (κ1) is 13.4. The van der Waals surface area contributed by atoms with Gasteiger partial charge in [0.15, 0.2) is 0 Å². The van der Waals surface area contributed by atoms with Crippen LogP contribution in [0.1, 0.15) is 13.8 Å². The zero-order chi connectivity index (χ0) is 14.2. The van der Waals surface area contributed by atoms with Crippen LogP contribution in [0.5, 0.6) is 5.75 Å². The third-order valence-electron chi connectivity index (χ3n) is 3.47. The van der Waals surface area contributed by atoms with Gasteiger partial charge in [0.2, 0.25) is 0 Å². The van der Waals surface area contributed by atoms with Gasteiger partial charge in [-0.1, -0.05) is 19.9 Å². The summed E-state index contributed by atoms with van der Waals surface area (Å²) >= 11 is 0. The number of rotatable bonds is 2. The summed E-state index contributed by atoms with van der Waals surface area (Å²) in [4.78, 5) is 4.34. The second-order valence-corrected chi connectivity index (χ2v) is 5.91. The van der Waals surface area contributed by atoms with Crippen molar-refractivity contribution in [3.05, 3.63) is 30.5 Å². The third-order valence-corrected chi connectivity index (χ3v) is 3.47. The van der Waals surface area contributed by atoms with Crippen LogP contribution in [0.25, 0.3) is 10.9 Å². The van der Waals surface area contributed by atoms with Gasteiger partial charge in [-0.15, -0.1) is 0 Å². The first-order valence-corrected chi connectivity index (χ1v) is 6.75. The maximum Gasteiger partial charge on any atom is 0.493 e. The molecule has 1 fully saturated rings. The average molecular weight is 271 g/mol. The van der Waals surface area contributed by atoms with E-state index in [0.29, 0.717) is 13.2 Å². The van der Waals surface area contributed by atoms with Gasteiger partial charge in [0.1, 0.15) is 5.75 Å². The third kappa shape index (κ3) is 2.51. The van der Waals surface area contributed by atoms with Gasteiger partial charge in [-0.25, -0.2) is 0 Å². The van der Waals surface area contributed by atoms with Crippen LogP contribution >= 0.6 is 0 Å². The lowest BCUT2D eigenvalue weighted by atomic mass is 9.75. The van der Waals surface area contributed by atoms with E-state index in [0.717, 1.165) is 22.1 Å². The highest BCUT2D eigenvalue weighted by atomic mass is 16.6. The fourth-order valence-electron chi connectivity index (χ4n) is 2.35. The minimum Gasteiger partial charge on any atom is -0.496 e. The van der Waals surface area contributed by atoms with Crippen LogP contribution in [0.2, 0.25) is 0 Å². The van der Waals surface area contributed by atoms with Gasteiger partial charge in [-0.3, -0.25) is 4.98 Å². The maximum atomic E-state index is 5.82. The van der Waals surface area contributed by atoms with Crippen molar-refractivity contribution in [2.45, 2.75) is 13.8 Å². The Morgan fingerprint density at radius 2 is 1.95 bits per heavy atom. The van der Waals surface area contributed by atoms with Crippen LogP contribution < -0.4 is 10.2 Å². The minimum atomic E-state index is -0.308. The molecule has 2 aromatic rings. The molecule has 4 nitrogen and oxygen atoms in total. The highest BCUT2D eigenvalue weighted by molar-refractivity contribution is 6.61. The van der Waals surface area contributed by atoms with E-state index in [1.54, 1.807) is 13.3 Å². The van der Waals surface area contributed by atoms with E-state index in [-0.39, 0.29) is 12.5 Å². The van der Waals surface area contributed by atoms with Crippen LogP contribution in [-0.2, 0) is 9.31 Å². The second kappa shape index (κ2) is 5.07. The van der Waals surface area contributed by atoms with Crippen molar-refractivity contribution in [1.82, 2.24) is 4.98 Å². The Labute approximate surface area is 119 Å². The molecule has 2 heterocycles. The van der Waals surface area contributed by atoms with Gasteiger partial charge in [0.05, 0.1) is 12.6 Å². The Hall–Kier alpha value is -1.59. The van der Waals surface area contributed by atoms with Gasteiger partial charge in [0, 0.05) is 30.2 Å². The fourth-order valence-corrected chi connectivity index (χ4v) is 2.35. The van der Waals surface area contributed by atoms with Crippen molar-refractivity contribution in [2.75, 3.05) is 20.3 Å². The van der Waals surface area contributed by atoms with Crippen molar-refractivity contribution in [3.8, 4) is 5.75 Å². The number of pyridine rings is 1. The molecule has 0 spiro atoms. The van der Waals surface area contributed by atoms with E-state index in [4.69, 9.17) is 14.0 Å². The molecule has 1 aromatic heterocycles. The lowest BCUT2D eigenvalue weighted by molar-refractivity contribution is 0.0343. The summed E-state index contributed by atoms with van der Waals surface area (Å²) in [6.45, 7) is 5.66. The number of fused-ring (bicyclic) bond motifs is 1. The molecule has 1 aliphatic heterocycles. The molecule has 0 atom stereocenters. The zero-order valence-electron chi connectivity index (χ0n) is 12.1. The summed E-state index contributed by atoms with van der Waals surface area (Å²) in [6.07, 6.45) is 1.75. The summed E-state index contributed by atoms with van der Waals surface area (Å²) < 4.78 is 17.0. The maximum absolute atomic E-state index is 5.82. The van der Waals surface area contributed by atoms with Crippen molar-refractivity contribution in [2.24, 2.45) is 5.41 Å². The van der Waals surface area contributed by atoms with Crippen LogP contribution in [0.3, 0.4) is 0 Å². The van der Waals surface area contributed by atoms with Crippen LogP contribution in [0, 0.1) is 5.41 Å². The summed E-state index contributed by atoms with van der Waals surface area (Å²) in [5.41, 5.74) is 1.98. The number of ether oxygens (including phenoxy) is 1. The molecule has 0 unspecified atom stereocenters. The molecule has 0 amide bonds. The van der Waals surface area contributed by atoms with Crippen molar-refractivity contribution in [1.29, 1.82) is 0 Å². The standard InChI is InChI=1S/C15H18BNO3/c1-15(2)9-19-16(20-10-15)11-4-5-13-12(8-11)14(18-3)6-7-17-13/h4-8H,9-10H2,1-3H3. The molecule has 1 saturated heterocycles. The van der Waals surface area contributed by atoms with Crippen LogP contribution in [0.4, 0.5) is 0 Å². The molecular formula is C15H18BNO3. The smallest absolute Gasteiger partial charge is 0.493 e. The van der Waals surface area contributed by atoms with E-state index in [1.807, 2.05) is 24.3 Å². The van der Waals surface area contributed by atoms with E-state index < -0.39 is 0 Å². The summed E-state index contributed by atoms with van der Waals surface area (Å²) in [5, 5.41) is 0.976. The average Bonchev–Trinajstić information content (AvgIpc) is 2.46. The Morgan fingerprint density at radius 1 is 1.20 bits per heavy atom. The van der Waals surface area contributed by atoms with Crippen molar-refractivity contribution >= 4 is 23.5 Å². The predicted molar refractivity (Wildman–Crippen MR) is 79.4 cm³/mol. The molecule has 1 aliphatic rings. The highest BCUT2D eigenvalue weighted by Gasteiger charge is 2.33. The number of hydrogen-bond acceptors (Lipinski definition) is 4. The molecule has 0 saturated carbocycles. The lowest BCUT2D eigenvalue weighted by Gasteiger charge is -2.33. The SMILES string of the molecule is COc1ccnc2ccc(B3OCC(C)(C)CO3)cc12. The molecule has 3 rings (SSSR count). The lowest BCUT2D eigenvalue weighted by Crippen LogP contribution is -2.47. The van der Waals surface area contributed by atoms with E-state index in [2.05, 4.69) is 18.8 Å². The van der Waals surface area contributed by atoms with Gasteiger partial charge in [-0.2, -0.15) is 0 Å². The van der Waals surface area contributed by atoms with Gasteiger partial charge in [-0.05, 0) is 23.7 Å². The second-order valence-electron chi connectivity index (χ2n) is 5.91. The molecule has 104 valence electrons. The fraction of sp³-hybridized carbons (Fsp3) is 0.400. The largest absolute Gasteiger partial charge is 0.496 e. The monoisotopic (exact) mass is 271 g/mol. The molecule has 20 heavy (non-hydrogen) atoms. The van der Waals surface area contributed by atoms with E-state index in [9.17, 15) is 0 Å². The van der Waals surface area contributed by atoms with Crippen molar-refractivity contribution < 1.29 is 14.0 Å². The molecule has 0 N–H and O–H groups in total. The molecule has 0 aliphatic carbocycles. The Balaban J connectivity index is 1.93. The highest BCUT2D eigenvalue weighted by Crippen LogP contribution is 2.24. The quantitative estimate of drug-likeness (QED) is 0.783. The first-order chi connectivity index (χ1) is 9.59. The van der Waals surface area contributed by atoms with Gasteiger partial charge < -0.3 is 14.0 Å². The Kier molecular flexibility index (Phi) is 3.40. The topological polar surface area (TPSA) is 40.6 Å². The van der Waals surface area contributed by atoms with E-state index in [1.165, 1.54) is 0 Å². The zero-order valence-corrected chi connectivity index (χ0v) is 12.1. The Bertz CT molecular complexity index is 620. The van der Waals surface area contributed by atoms with Crippen LogP contribution in [0.15, 0.2) is 30.5 Å². The van der Waals surface area contributed by atoms with Gasteiger partial charge >= 0.3 is 7.12 Å². The molecule has 1 aromatic carbocycles. The summed E-state index contributed by atoms with van der Waals surface area (Å²) in [6, 6.07) is 7.86. The molecular weight excluding hydrogens is 253 g/mol. The van der Waals surface area contributed by atoms with Gasteiger partial charge in [0.25, 0.3) is 0 Å². The number of benzene rings is 1. The number of aromatic nitrogens is 1. The number of hydrogen-bond donors (Lipinski definition) is 0. The Morgan fingerprint density at radius 3 is 2.65 bits per heavy atom. The minimum absolute atomic E-state index is 0.0760. The molecule has 0 radical (unpaired) electrons. The number of methoxy groups -OCH3 is 1. The number of nitrogens with zero attached hydrogens (tertiary/aromatic N) is 1. The summed E-state index contributed by atoms with van der Waals surface area (Å²) in [5.74, 6) is 0.813. The van der Waals surface area contributed by atoms with E-state index >= 15 is 0 Å². The molecule has 0 bridgehead atoms.